The molecule has 36 heavy (non-hydrogen) atoms. The molecule has 1 aromatic heterocycles. The Morgan fingerprint density at radius 2 is 1.83 bits per heavy atom. The summed E-state index contributed by atoms with van der Waals surface area (Å²) in [4.78, 5) is 12.3. The van der Waals surface area contributed by atoms with Gasteiger partial charge >= 0.3 is 12.2 Å². The summed E-state index contributed by atoms with van der Waals surface area (Å²) in [5.74, 6) is 0.827. The molecule has 1 saturated carbocycles. The highest BCUT2D eigenvalue weighted by atomic mass is 32.2. The van der Waals surface area contributed by atoms with E-state index >= 15 is 0 Å². The van der Waals surface area contributed by atoms with Crippen LogP contribution in [0.3, 0.4) is 0 Å². The molecular formula is C24H26F3N5O3S. The summed E-state index contributed by atoms with van der Waals surface area (Å²) >= 11 is 0. The standard InChI is InChI=1S/C24H26F3N5O3S/c1-32-22(11-12-28-32)31-23(33)30-21-14-19(36(34,35)29-15-24(25,26)27)9-10-20(21)18-8-4-7-17(13-18)16-5-2-3-6-16/h4,7-14,16,29H,2-3,5-6,15H2,1H3,(H2,30,31,33). The molecule has 1 fully saturated rings. The molecular weight excluding hydrogens is 495 g/mol. The summed E-state index contributed by atoms with van der Waals surface area (Å²) in [6.45, 7) is -1.70. The van der Waals surface area contributed by atoms with Crippen LogP contribution in [0.25, 0.3) is 11.1 Å². The highest BCUT2D eigenvalue weighted by Crippen LogP contribution is 2.37. The molecule has 8 nitrogen and oxygen atoms in total. The van der Waals surface area contributed by atoms with Crippen molar-refractivity contribution in [2.24, 2.45) is 7.05 Å². The van der Waals surface area contributed by atoms with E-state index in [1.165, 1.54) is 23.0 Å². The Hall–Kier alpha value is -3.38. The first-order chi connectivity index (χ1) is 17.0. The average Bonchev–Trinajstić information content (AvgIpc) is 3.50. The number of rotatable bonds is 7. The molecule has 12 heteroatoms. The number of hydrogen-bond acceptors (Lipinski definition) is 4. The van der Waals surface area contributed by atoms with Crippen molar-refractivity contribution in [3.05, 3.63) is 60.3 Å². The molecule has 0 saturated heterocycles. The summed E-state index contributed by atoms with van der Waals surface area (Å²) in [6.07, 6.45) is 1.28. The average molecular weight is 522 g/mol. The Kier molecular flexibility index (Phi) is 7.36. The quantitative estimate of drug-likeness (QED) is 0.396. The lowest BCUT2D eigenvalue weighted by atomic mass is 9.93. The highest BCUT2D eigenvalue weighted by Gasteiger charge is 2.30. The largest absolute Gasteiger partial charge is 0.402 e. The van der Waals surface area contributed by atoms with Crippen molar-refractivity contribution in [3.63, 3.8) is 0 Å². The molecule has 0 aliphatic heterocycles. The number of amides is 2. The van der Waals surface area contributed by atoms with Gasteiger partial charge in [-0.05, 0) is 42.0 Å². The van der Waals surface area contributed by atoms with Gasteiger partial charge in [0.1, 0.15) is 12.4 Å². The predicted molar refractivity (Wildman–Crippen MR) is 130 cm³/mol. The number of carbonyl (C=O) groups excluding carboxylic acids is 1. The Labute approximate surface area is 206 Å². The molecule has 0 spiro atoms. The van der Waals surface area contributed by atoms with Crippen molar-refractivity contribution >= 4 is 27.6 Å². The van der Waals surface area contributed by atoms with E-state index in [1.54, 1.807) is 17.8 Å². The Morgan fingerprint density at radius 3 is 2.50 bits per heavy atom. The fourth-order valence-corrected chi connectivity index (χ4v) is 5.33. The number of sulfonamides is 1. The third-order valence-electron chi connectivity index (χ3n) is 6.10. The summed E-state index contributed by atoms with van der Waals surface area (Å²) in [5.41, 5.74) is 2.57. The Morgan fingerprint density at radius 1 is 1.08 bits per heavy atom. The van der Waals surface area contributed by atoms with Gasteiger partial charge in [-0.15, -0.1) is 0 Å². The van der Waals surface area contributed by atoms with Gasteiger partial charge in [0, 0.05) is 18.7 Å². The molecule has 3 aromatic rings. The number of nitrogens with one attached hydrogen (secondary N) is 3. The van der Waals surface area contributed by atoms with Crippen LogP contribution in [0.2, 0.25) is 0 Å². The van der Waals surface area contributed by atoms with Gasteiger partial charge in [-0.1, -0.05) is 43.2 Å². The molecule has 1 aliphatic rings. The second-order valence-corrected chi connectivity index (χ2v) is 10.4. The fraction of sp³-hybridized carbons (Fsp3) is 0.333. The SMILES string of the molecule is Cn1nccc1NC(=O)Nc1cc(S(=O)(=O)NCC(F)(F)F)ccc1-c1cccc(C2CCCC2)c1. The number of anilines is 2. The maximum absolute atomic E-state index is 12.7. The summed E-state index contributed by atoms with van der Waals surface area (Å²) in [7, 11) is -2.85. The molecule has 0 unspecified atom stereocenters. The van der Waals surface area contributed by atoms with Crippen LogP contribution in [-0.4, -0.2) is 37.0 Å². The summed E-state index contributed by atoms with van der Waals surface area (Å²) in [5, 5.41) is 9.23. The number of urea groups is 1. The molecule has 1 heterocycles. The van der Waals surface area contributed by atoms with Crippen LogP contribution in [0.1, 0.15) is 37.2 Å². The smallest absolute Gasteiger partial charge is 0.307 e. The minimum atomic E-state index is -4.71. The van der Waals surface area contributed by atoms with E-state index < -0.39 is 33.7 Å². The van der Waals surface area contributed by atoms with Gasteiger partial charge in [0.05, 0.1) is 16.8 Å². The van der Waals surface area contributed by atoms with Crippen molar-refractivity contribution < 1.29 is 26.4 Å². The second-order valence-electron chi connectivity index (χ2n) is 8.67. The van der Waals surface area contributed by atoms with E-state index in [0.717, 1.165) is 42.9 Å². The van der Waals surface area contributed by atoms with Crippen molar-refractivity contribution in [3.8, 4) is 11.1 Å². The first-order valence-electron chi connectivity index (χ1n) is 11.4. The van der Waals surface area contributed by atoms with Crippen molar-refractivity contribution in [2.45, 2.75) is 42.7 Å². The van der Waals surface area contributed by atoms with E-state index in [-0.39, 0.29) is 5.69 Å². The molecule has 0 radical (unpaired) electrons. The summed E-state index contributed by atoms with van der Waals surface area (Å²) in [6, 6.07) is 12.6. The Bertz CT molecular complexity index is 1350. The fourth-order valence-electron chi connectivity index (χ4n) is 4.29. The maximum Gasteiger partial charge on any atom is 0.402 e. The van der Waals surface area contributed by atoms with E-state index in [0.29, 0.717) is 17.3 Å². The van der Waals surface area contributed by atoms with Crippen molar-refractivity contribution in [1.29, 1.82) is 0 Å². The lowest BCUT2D eigenvalue weighted by Gasteiger charge is -2.17. The minimum Gasteiger partial charge on any atom is -0.307 e. The zero-order valence-electron chi connectivity index (χ0n) is 19.5. The molecule has 0 atom stereocenters. The second kappa shape index (κ2) is 10.3. The monoisotopic (exact) mass is 521 g/mol. The normalized spacial score (nSPS) is 14.7. The number of hydrogen-bond donors (Lipinski definition) is 3. The van der Waals surface area contributed by atoms with Crippen LogP contribution in [-0.2, 0) is 17.1 Å². The van der Waals surface area contributed by atoms with Gasteiger partial charge in [-0.25, -0.2) is 17.9 Å². The van der Waals surface area contributed by atoms with Crippen LogP contribution in [0.15, 0.2) is 59.6 Å². The van der Waals surface area contributed by atoms with Gasteiger partial charge < -0.3 is 5.32 Å². The molecule has 0 bridgehead atoms. The summed E-state index contributed by atoms with van der Waals surface area (Å²) < 4.78 is 65.9. The molecule has 192 valence electrons. The van der Waals surface area contributed by atoms with Crippen LogP contribution >= 0.6 is 0 Å². The van der Waals surface area contributed by atoms with Crippen molar-refractivity contribution in [2.75, 3.05) is 17.2 Å². The van der Waals surface area contributed by atoms with Crippen LogP contribution in [0.4, 0.5) is 29.5 Å². The van der Waals surface area contributed by atoms with Crippen LogP contribution in [0, 0.1) is 0 Å². The molecule has 2 aromatic carbocycles. The van der Waals surface area contributed by atoms with Crippen LogP contribution < -0.4 is 15.4 Å². The van der Waals surface area contributed by atoms with E-state index in [2.05, 4.69) is 15.7 Å². The van der Waals surface area contributed by atoms with Crippen molar-refractivity contribution in [1.82, 2.24) is 14.5 Å². The van der Waals surface area contributed by atoms with Gasteiger partial charge in [-0.2, -0.15) is 18.3 Å². The lowest BCUT2D eigenvalue weighted by molar-refractivity contribution is -0.121. The number of aryl methyl sites for hydroxylation is 1. The zero-order valence-corrected chi connectivity index (χ0v) is 20.3. The van der Waals surface area contributed by atoms with Crippen LogP contribution in [0.5, 0.6) is 0 Å². The predicted octanol–water partition coefficient (Wildman–Crippen LogP) is 5.23. The van der Waals surface area contributed by atoms with Gasteiger partial charge in [0.15, 0.2) is 0 Å². The van der Waals surface area contributed by atoms with Gasteiger partial charge in [0.25, 0.3) is 0 Å². The topological polar surface area (TPSA) is 105 Å². The zero-order chi connectivity index (χ0) is 25.9. The van der Waals surface area contributed by atoms with Gasteiger partial charge in [-0.3, -0.25) is 10.00 Å². The number of carbonyl (C=O) groups is 1. The van der Waals surface area contributed by atoms with E-state index in [1.807, 2.05) is 24.3 Å². The van der Waals surface area contributed by atoms with E-state index in [9.17, 15) is 26.4 Å². The first-order valence-corrected chi connectivity index (χ1v) is 12.9. The lowest BCUT2D eigenvalue weighted by Crippen LogP contribution is -2.33. The third-order valence-corrected chi connectivity index (χ3v) is 7.50. The highest BCUT2D eigenvalue weighted by molar-refractivity contribution is 7.89. The first kappa shape index (κ1) is 25.7. The number of aromatic nitrogens is 2. The molecule has 1 aliphatic carbocycles. The number of nitrogens with zero attached hydrogens (tertiary/aromatic N) is 2. The number of benzene rings is 2. The third kappa shape index (κ3) is 6.24. The van der Waals surface area contributed by atoms with Gasteiger partial charge in [0.2, 0.25) is 10.0 Å². The molecule has 2 amide bonds. The maximum atomic E-state index is 12.7. The van der Waals surface area contributed by atoms with E-state index in [4.69, 9.17) is 0 Å². The Balaban J connectivity index is 1.69. The number of halogens is 3. The molecule has 3 N–H and O–H groups in total. The molecule has 4 rings (SSSR count). The number of alkyl halides is 3. The minimum absolute atomic E-state index is 0.133.